The highest BCUT2D eigenvalue weighted by molar-refractivity contribution is 7.88. The molecule has 0 aromatic rings. The van der Waals surface area contributed by atoms with Gasteiger partial charge in [-0.05, 0) is 13.5 Å². The predicted molar refractivity (Wildman–Crippen MR) is 56.0 cm³/mol. The van der Waals surface area contributed by atoms with E-state index in [4.69, 9.17) is 0 Å². The number of likely N-dealkylation sites (N-methyl/N-ethyl adjacent to an activating group) is 1. The monoisotopic (exact) mass is 246 g/mol. The molecule has 0 spiro atoms. The minimum atomic E-state index is -3.25. The van der Waals surface area contributed by atoms with Crippen LogP contribution in [0, 0.1) is 0 Å². The molecule has 1 heterocycles. The summed E-state index contributed by atoms with van der Waals surface area (Å²) in [7, 11) is -1.53. The van der Waals surface area contributed by atoms with Crippen LogP contribution < -0.4 is 5.32 Å². The molecule has 1 aliphatic heterocycles. The number of halogens is 2. The van der Waals surface area contributed by atoms with Crippen molar-refractivity contribution < 1.29 is 12.8 Å². The summed E-state index contributed by atoms with van der Waals surface area (Å²) in [5, 5.41) is 2.86. The first-order valence-electron chi connectivity index (χ1n) is 4.20. The second-order valence-corrected chi connectivity index (χ2v) is 5.31. The molecule has 2 atom stereocenters. The fourth-order valence-electron chi connectivity index (χ4n) is 1.66. The van der Waals surface area contributed by atoms with Crippen molar-refractivity contribution >= 4 is 22.4 Å². The largest absolute Gasteiger partial charge is 0.318 e. The molecule has 7 heteroatoms. The van der Waals surface area contributed by atoms with Crippen LogP contribution in [0.4, 0.5) is 4.39 Å². The minimum Gasteiger partial charge on any atom is -0.318 e. The van der Waals surface area contributed by atoms with Crippen molar-refractivity contribution in [3.63, 3.8) is 0 Å². The second-order valence-electron chi connectivity index (χ2n) is 3.38. The lowest BCUT2D eigenvalue weighted by atomic mass is 10.2. The minimum absolute atomic E-state index is 0. The van der Waals surface area contributed by atoms with E-state index in [2.05, 4.69) is 5.32 Å². The maximum atomic E-state index is 12.9. The van der Waals surface area contributed by atoms with Gasteiger partial charge in [-0.25, -0.2) is 12.8 Å². The molecule has 14 heavy (non-hydrogen) atoms. The van der Waals surface area contributed by atoms with Crippen molar-refractivity contribution in [2.45, 2.75) is 18.6 Å². The molecule has 0 unspecified atom stereocenters. The smallest absolute Gasteiger partial charge is 0.211 e. The molecule has 0 amide bonds. The molecule has 0 saturated carbocycles. The molecule has 0 radical (unpaired) electrons. The lowest BCUT2D eigenvalue weighted by molar-refractivity contribution is 0.343. The van der Waals surface area contributed by atoms with Crippen molar-refractivity contribution in [1.82, 2.24) is 9.62 Å². The van der Waals surface area contributed by atoms with Gasteiger partial charge in [-0.2, -0.15) is 4.31 Å². The molecule has 4 nitrogen and oxygen atoms in total. The van der Waals surface area contributed by atoms with Gasteiger partial charge in [-0.1, -0.05) is 0 Å². The van der Waals surface area contributed by atoms with Gasteiger partial charge in [0.05, 0.1) is 6.26 Å². The van der Waals surface area contributed by atoms with Gasteiger partial charge in [-0.3, -0.25) is 0 Å². The van der Waals surface area contributed by atoms with E-state index in [0.717, 1.165) is 6.26 Å². The van der Waals surface area contributed by atoms with E-state index < -0.39 is 16.2 Å². The molecule has 1 N–H and O–H groups in total. The van der Waals surface area contributed by atoms with E-state index >= 15 is 0 Å². The molecule has 0 aromatic heterocycles. The summed E-state index contributed by atoms with van der Waals surface area (Å²) in [6.07, 6.45) is 0.398. The van der Waals surface area contributed by atoms with Gasteiger partial charge in [-0.15, -0.1) is 12.4 Å². The Balaban J connectivity index is 0.00000169. The van der Waals surface area contributed by atoms with Crippen molar-refractivity contribution in [2.75, 3.05) is 26.4 Å². The Morgan fingerprint density at radius 2 is 2.14 bits per heavy atom. The lowest BCUT2D eigenvalue weighted by Gasteiger charge is -2.20. The number of nitrogens with zero attached hydrogens (tertiary/aromatic N) is 1. The first-order chi connectivity index (χ1) is 5.95. The molecule has 0 aromatic carbocycles. The van der Waals surface area contributed by atoms with Gasteiger partial charge in [0.25, 0.3) is 0 Å². The van der Waals surface area contributed by atoms with Crippen molar-refractivity contribution in [3.8, 4) is 0 Å². The zero-order valence-electron chi connectivity index (χ0n) is 8.23. The van der Waals surface area contributed by atoms with Crippen LogP contribution in [0.25, 0.3) is 0 Å². The summed E-state index contributed by atoms with van der Waals surface area (Å²) in [6.45, 7) is 0.513. The summed E-state index contributed by atoms with van der Waals surface area (Å²) in [5.41, 5.74) is 0. The van der Waals surface area contributed by atoms with Gasteiger partial charge in [0, 0.05) is 19.1 Å². The van der Waals surface area contributed by atoms with Crippen LogP contribution in [-0.4, -0.2) is 51.3 Å². The number of sulfonamides is 1. The number of hydrogen-bond acceptors (Lipinski definition) is 3. The zero-order valence-corrected chi connectivity index (χ0v) is 9.87. The van der Waals surface area contributed by atoms with Gasteiger partial charge in [0.15, 0.2) is 0 Å². The van der Waals surface area contributed by atoms with Crippen LogP contribution >= 0.6 is 12.4 Å². The highest BCUT2D eigenvalue weighted by Gasteiger charge is 2.36. The van der Waals surface area contributed by atoms with E-state index in [1.807, 2.05) is 0 Å². The van der Waals surface area contributed by atoms with Crippen LogP contribution in [-0.2, 0) is 10.0 Å². The maximum absolute atomic E-state index is 12.9. The van der Waals surface area contributed by atoms with E-state index in [0.29, 0.717) is 13.0 Å². The highest BCUT2D eigenvalue weighted by Crippen LogP contribution is 2.22. The van der Waals surface area contributed by atoms with Gasteiger partial charge in [0.2, 0.25) is 10.0 Å². The normalized spacial score (nSPS) is 28.8. The molecule has 0 aliphatic carbocycles. The molecular formula is C7H16ClFN2O2S. The Morgan fingerprint density at radius 1 is 1.57 bits per heavy atom. The number of nitrogens with one attached hydrogen (secondary N) is 1. The summed E-state index contributed by atoms with van der Waals surface area (Å²) < 4.78 is 36.6. The summed E-state index contributed by atoms with van der Waals surface area (Å²) in [5.74, 6) is 0. The highest BCUT2D eigenvalue weighted by atomic mass is 35.5. The Bertz CT molecular complexity index is 273. The van der Waals surface area contributed by atoms with Crippen LogP contribution in [0.1, 0.15) is 6.42 Å². The van der Waals surface area contributed by atoms with E-state index in [1.165, 1.54) is 4.31 Å². The first kappa shape index (κ1) is 14.1. The average molecular weight is 247 g/mol. The molecule has 1 fully saturated rings. The molecule has 0 bridgehead atoms. The topological polar surface area (TPSA) is 49.4 Å². The molecular weight excluding hydrogens is 231 g/mol. The maximum Gasteiger partial charge on any atom is 0.211 e. The van der Waals surface area contributed by atoms with Gasteiger partial charge >= 0.3 is 0 Å². The van der Waals surface area contributed by atoms with Crippen molar-refractivity contribution in [2.24, 2.45) is 0 Å². The van der Waals surface area contributed by atoms with Crippen LogP contribution in [0.3, 0.4) is 0 Å². The van der Waals surface area contributed by atoms with Crippen LogP contribution in [0.15, 0.2) is 0 Å². The molecule has 86 valence electrons. The Hall–Kier alpha value is 0.0900. The summed E-state index contributed by atoms with van der Waals surface area (Å²) in [6, 6.07) is -0.227. The predicted octanol–water partition coefficient (Wildman–Crippen LogP) is -0.000400. The third-order valence-corrected chi connectivity index (χ3v) is 3.48. The van der Waals surface area contributed by atoms with Crippen molar-refractivity contribution in [3.05, 3.63) is 0 Å². The van der Waals surface area contributed by atoms with Crippen LogP contribution in [0.5, 0.6) is 0 Å². The van der Waals surface area contributed by atoms with Gasteiger partial charge < -0.3 is 5.32 Å². The fourth-order valence-corrected chi connectivity index (χ4v) is 2.79. The Kier molecular flexibility index (Phi) is 5.28. The lowest BCUT2D eigenvalue weighted by Crippen LogP contribution is -2.40. The van der Waals surface area contributed by atoms with E-state index in [-0.39, 0.29) is 25.0 Å². The van der Waals surface area contributed by atoms with E-state index in [1.54, 1.807) is 7.05 Å². The first-order valence-corrected chi connectivity index (χ1v) is 6.05. The van der Waals surface area contributed by atoms with Crippen molar-refractivity contribution in [1.29, 1.82) is 0 Å². The third-order valence-electron chi connectivity index (χ3n) is 2.18. The van der Waals surface area contributed by atoms with Crippen LogP contribution in [0.2, 0.25) is 0 Å². The zero-order chi connectivity index (χ0) is 10.1. The second kappa shape index (κ2) is 5.25. The molecule has 1 rings (SSSR count). The summed E-state index contributed by atoms with van der Waals surface area (Å²) in [4.78, 5) is 0. The number of rotatable bonds is 3. The number of alkyl halides is 1. The van der Waals surface area contributed by atoms with E-state index in [9.17, 15) is 12.8 Å². The fraction of sp³-hybridized carbons (Fsp3) is 1.00. The SMILES string of the molecule is CNC[C@@H]1C[C@H](F)CN1S(C)(=O)=O.Cl. The standard InChI is InChI=1S/C7H15FN2O2S.ClH/c1-9-4-7-3-6(8)5-10(7)13(2,11)12;/h6-7,9H,3-5H2,1-2H3;1H/t6-,7-;/m0./s1. The number of hydrogen-bond donors (Lipinski definition) is 1. The molecule has 1 aliphatic rings. The molecule has 1 saturated heterocycles. The quantitative estimate of drug-likeness (QED) is 0.763. The summed E-state index contributed by atoms with van der Waals surface area (Å²) >= 11 is 0. The van der Waals surface area contributed by atoms with Gasteiger partial charge in [0.1, 0.15) is 6.17 Å². The Morgan fingerprint density at radius 3 is 2.57 bits per heavy atom. The average Bonchev–Trinajstić information content (AvgIpc) is 2.30. The Labute approximate surface area is 90.3 Å². The third kappa shape index (κ3) is 3.34.